The Hall–Kier alpha value is -3.51. The highest BCUT2D eigenvalue weighted by Gasteiger charge is 2.22. The van der Waals surface area contributed by atoms with Gasteiger partial charge in [0, 0.05) is 36.5 Å². The number of carbonyl (C=O) groups excluding carboxylic acids is 1. The van der Waals surface area contributed by atoms with Gasteiger partial charge in [0.1, 0.15) is 6.54 Å². The van der Waals surface area contributed by atoms with Gasteiger partial charge in [-0.3, -0.25) is 19.2 Å². The molecule has 0 unspecified atom stereocenters. The van der Waals surface area contributed by atoms with Gasteiger partial charge >= 0.3 is 0 Å². The summed E-state index contributed by atoms with van der Waals surface area (Å²) in [4.78, 5) is 25.3. The van der Waals surface area contributed by atoms with Crippen molar-refractivity contribution in [3.8, 4) is 0 Å². The van der Waals surface area contributed by atoms with Crippen molar-refractivity contribution in [3.05, 3.63) is 63.2 Å². The molecule has 11 nitrogen and oxygen atoms in total. The Morgan fingerprint density at radius 3 is 2.56 bits per heavy atom. The lowest BCUT2D eigenvalue weighted by Gasteiger charge is -2.29. The monoisotopic (exact) mass is 489 g/mol. The molecule has 1 aliphatic heterocycles. The van der Waals surface area contributed by atoms with Crippen LogP contribution in [0.25, 0.3) is 0 Å². The van der Waals surface area contributed by atoms with Gasteiger partial charge in [-0.15, -0.1) is 0 Å². The summed E-state index contributed by atoms with van der Waals surface area (Å²) in [6.45, 7) is 5.49. The van der Waals surface area contributed by atoms with Crippen LogP contribution in [-0.2, 0) is 19.6 Å². The number of hydrazone groups is 1. The van der Waals surface area contributed by atoms with Crippen LogP contribution in [0.3, 0.4) is 0 Å². The predicted molar refractivity (Wildman–Crippen MR) is 130 cm³/mol. The average molecular weight is 490 g/mol. The third-order valence-electron chi connectivity index (χ3n) is 5.28. The van der Waals surface area contributed by atoms with Crippen molar-refractivity contribution in [1.82, 2.24) is 5.43 Å². The molecular formula is C22H27N5O6S. The Morgan fingerprint density at radius 1 is 1.24 bits per heavy atom. The van der Waals surface area contributed by atoms with Crippen molar-refractivity contribution < 1.29 is 22.9 Å². The molecule has 0 spiro atoms. The molecule has 0 saturated carbocycles. The van der Waals surface area contributed by atoms with Crippen molar-refractivity contribution in [1.29, 1.82) is 0 Å². The molecule has 1 saturated heterocycles. The van der Waals surface area contributed by atoms with Gasteiger partial charge in [0.2, 0.25) is 10.0 Å². The number of ether oxygens (including phenoxy) is 1. The van der Waals surface area contributed by atoms with E-state index in [4.69, 9.17) is 4.74 Å². The summed E-state index contributed by atoms with van der Waals surface area (Å²) in [6, 6.07) is 9.68. The lowest BCUT2D eigenvalue weighted by Crippen LogP contribution is -2.39. The minimum absolute atomic E-state index is 0.108. The Kier molecular flexibility index (Phi) is 7.84. The highest BCUT2D eigenvalue weighted by molar-refractivity contribution is 7.92. The lowest BCUT2D eigenvalue weighted by molar-refractivity contribution is -0.384. The van der Waals surface area contributed by atoms with E-state index in [-0.39, 0.29) is 5.69 Å². The average Bonchev–Trinajstić information content (AvgIpc) is 2.78. The molecule has 0 radical (unpaired) electrons. The van der Waals surface area contributed by atoms with Gasteiger partial charge in [-0.1, -0.05) is 17.7 Å². The summed E-state index contributed by atoms with van der Waals surface area (Å²) >= 11 is 0. The number of hydrogen-bond donors (Lipinski definition) is 1. The quantitative estimate of drug-likeness (QED) is 0.340. The van der Waals surface area contributed by atoms with E-state index in [0.717, 1.165) is 21.8 Å². The van der Waals surface area contributed by atoms with Crippen molar-refractivity contribution >= 4 is 39.2 Å². The van der Waals surface area contributed by atoms with Gasteiger partial charge in [-0.25, -0.2) is 13.8 Å². The molecule has 0 aromatic heterocycles. The van der Waals surface area contributed by atoms with Crippen LogP contribution in [0, 0.1) is 24.0 Å². The Morgan fingerprint density at radius 2 is 1.94 bits per heavy atom. The smallest absolute Gasteiger partial charge is 0.270 e. The highest BCUT2D eigenvalue weighted by Crippen LogP contribution is 2.25. The SMILES string of the molecule is Cc1ccc(N(CC(=O)N/N=C\c2cc([N+](=O)[O-])ccc2N2CCOCC2)S(C)(=O)=O)c(C)c1. The number of carbonyl (C=O) groups is 1. The number of hydrogen-bond acceptors (Lipinski definition) is 8. The summed E-state index contributed by atoms with van der Waals surface area (Å²) in [5.41, 5.74) is 5.48. The fraction of sp³-hybridized carbons (Fsp3) is 0.364. The Labute approximate surface area is 198 Å². The van der Waals surface area contributed by atoms with Crippen molar-refractivity contribution in [2.75, 3.05) is 48.3 Å². The number of sulfonamides is 1. The highest BCUT2D eigenvalue weighted by atomic mass is 32.2. The number of rotatable bonds is 8. The second kappa shape index (κ2) is 10.6. The number of nitrogens with one attached hydrogen (secondary N) is 1. The largest absolute Gasteiger partial charge is 0.378 e. The molecule has 1 N–H and O–H groups in total. The number of anilines is 2. The maximum absolute atomic E-state index is 12.5. The first-order valence-electron chi connectivity index (χ1n) is 10.5. The molecule has 1 fully saturated rings. The first kappa shape index (κ1) is 25.1. The van der Waals surface area contributed by atoms with Crippen molar-refractivity contribution in [2.45, 2.75) is 13.8 Å². The topological polar surface area (TPSA) is 134 Å². The molecule has 0 aliphatic carbocycles. The summed E-state index contributed by atoms with van der Waals surface area (Å²) in [7, 11) is -3.73. The van der Waals surface area contributed by atoms with E-state index < -0.39 is 27.4 Å². The number of morpholine rings is 1. The number of nitro benzene ring substituents is 1. The molecule has 1 aliphatic rings. The van der Waals surface area contributed by atoms with E-state index in [0.29, 0.717) is 43.1 Å². The summed E-state index contributed by atoms with van der Waals surface area (Å²) in [5, 5.41) is 15.2. The van der Waals surface area contributed by atoms with Crippen LogP contribution >= 0.6 is 0 Å². The summed E-state index contributed by atoms with van der Waals surface area (Å²) < 4.78 is 31.1. The zero-order chi connectivity index (χ0) is 24.9. The molecule has 2 aromatic carbocycles. The number of amides is 1. The summed E-state index contributed by atoms with van der Waals surface area (Å²) in [5.74, 6) is -0.653. The summed E-state index contributed by atoms with van der Waals surface area (Å²) in [6.07, 6.45) is 2.35. The fourth-order valence-electron chi connectivity index (χ4n) is 3.66. The van der Waals surface area contributed by atoms with Crippen LogP contribution < -0.4 is 14.6 Å². The zero-order valence-electron chi connectivity index (χ0n) is 19.2. The maximum atomic E-state index is 12.5. The molecule has 12 heteroatoms. The van der Waals surface area contributed by atoms with Crippen LogP contribution in [-0.4, -0.2) is 64.6 Å². The number of nitrogens with zero attached hydrogens (tertiary/aromatic N) is 4. The first-order chi connectivity index (χ1) is 16.1. The standard InChI is InChI=1S/C22H27N5O6S/c1-16-4-6-20(17(2)12-16)26(34(3,31)32)15-22(28)24-23-14-18-13-19(27(29)30)5-7-21(18)25-8-10-33-11-9-25/h4-7,12-14H,8-11,15H2,1-3H3,(H,24,28)/b23-14-. The lowest BCUT2D eigenvalue weighted by atomic mass is 10.1. The predicted octanol–water partition coefficient (Wildman–Crippen LogP) is 1.96. The maximum Gasteiger partial charge on any atom is 0.270 e. The van der Waals surface area contributed by atoms with Gasteiger partial charge < -0.3 is 9.64 Å². The van der Waals surface area contributed by atoms with Crippen LogP contribution in [0.4, 0.5) is 17.1 Å². The number of benzene rings is 2. The molecule has 0 bridgehead atoms. The Balaban J connectivity index is 1.79. The Bertz CT molecular complexity index is 1210. The van der Waals surface area contributed by atoms with Crippen LogP contribution in [0.15, 0.2) is 41.5 Å². The van der Waals surface area contributed by atoms with Crippen molar-refractivity contribution in [2.24, 2.45) is 5.10 Å². The minimum atomic E-state index is -3.73. The second-order valence-corrected chi connectivity index (χ2v) is 9.86. The number of nitro groups is 1. The van der Waals surface area contributed by atoms with E-state index in [1.54, 1.807) is 25.1 Å². The van der Waals surface area contributed by atoms with Gasteiger partial charge in [-0.2, -0.15) is 5.10 Å². The van der Waals surface area contributed by atoms with E-state index >= 15 is 0 Å². The van der Waals surface area contributed by atoms with E-state index in [2.05, 4.69) is 10.5 Å². The van der Waals surface area contributed by atoms with Crippen LogP contribution in [0.1, 0.15) is 16.7 Å². The van der Waals surface area contributed by atoms with Crippen LogP contribution in [0.2, 0.25) is 0 Å². The van der Waals surface area contributed by atoms with Gasteiger partial charge in [0.05, 0.1) is 36.3 Å². The van der Waals surface area contributed by atoms with E-state index in [1.807, 2.05) is 17.9 Å². The molecule has 3 rings (SSSR count). The zero-order valence-corrected chi connectivity index (χ0v) is 20.0. The molecule has 2 aromatic rings. The third kappa shape index (κ3) is 6.29. The molecule has 182 valence electrons. The molecule has 0 atom stereocenters. The first-order valence-corrected chi connectivity index (χ1v) is 12.4. The number of aryl methyl sites for hydroxylation is 2. The second-order valence-electron chi connectivity index (χ2n) is 7.95. The fourth-order valence-corrected chi connectivity index (χ4v) is 4.57. The van der Waals surface area contributed by atoms with Crippen molar-refractivity contribution in [3.63, 3.8) is 0 Å². The molecule has 34 heavy (non-hydrogen) atoms. The van der Waals surface area contributed by atoms with E-state index in [1.165, 1.54) is 18.3 Å². The van der Waals surface area contributed by atoms with Crippen LogP contribution in [0.5, 0.6) is 0 Å². The van der Waals surface area contributed by atoms with Gasteiger partial charge in [0.15, 0.2) is 0 Å². The number of non-ortho nitro benzene ring substituents is 1. The minimum Gasteiger partial charge on any atom is -0.378 e. The molecule has 1 amide bonds. The normalized spacial score (nSPS) is 14.3. The van der Waals surface area contributed by atoms with E-state index in [9.17, 15) is 23.3 Å². The van der Waals surface area contributed by atoms with Gasteiger partial charge in [-0.05, 0) is 31.5 Å². The third-order valence-corrected chi connectivity index (χ3v) is 6.40. The van der Waals surface area contributed by atoms with Gasteiger partial charge in [0.25, 0.3) is 11.6 Å². The molecule has 1 heterocycles. The molecular weight excluding hydrogens is 462 g/mol.